The highest BCUT2D eigenvalue weighted by atomic mass is 32.1. The zero-order valence-electron chi connectivity index (χ0n) is 16.2. The molecule has 1 aliphatic rings. The second-order valence-corrected chi connectivity index (χ2v) is 8.21. The van der Waals surface area contributed by atoms with Crippen molar-refractivity contribution in [3.8, 4) is 0 Å². The number of anilines is 1. The molecule has 1 aliphatic heterocycles. The van der Waals surface area contributed by atoms with Gasteiger partial charge in [-0.1, -0.05) is 29.8 Å². The Morgan fingerprint density at radius 3 is 2.69 bits per heavy atom. The summed E-state index contributed by atoms with van der Waals surface area (Å²) >= 11 is 1.58. The highest BCUT2D eigenvalue weighted by Gasteiger charge is 2.45. The summed E-state index contributed by atoms with van der Waals surface area (Å²) in [4.78, 5) is 33.0. The summed E-state index contributed by atoms with van der Waals surface area (Å²) in [6, 6.07) is 17.3. The van der Waals surface area contributed by atoms with Crippen molar-refractivity contribution in [3.63, 3.8) is 0 Å². The lowest BCUT2D eigenvalue weighted by Crippen LogP contribution is -2.36. The topological polar surface area (TPSA) is 62.3 Å². The third kappa shape index (κ3) is 4.22. The minimum atomic E-state index is -0.411. The van der Waals surface area contributed by atoms with Crippen LogP contribution < -0.4 is 10.2 Å². The first-order valence-electron chi connectivity index (χ1n) is 9.73. The van der Waals surface area contributed by atoms with Gasteiger partial charge in [-0.3, -0.25) is 14.6 Å². The number of carbonyl (C=O) groups excluding carboxylic acids is 2. The van der Waals surface area contributed by atoms with Gasteiger partial charge >= 0.3 is 0 Å². The number of benzene rings is 1. The minimum Gasteiger partial charge on any atom is -0.355 e. The van der Waals surface area contributed by atoms with E-state index in [2.05, 4.69) is 10.3 Å². The van der Waals surface area contributed by atoms with Gasteiger partial charge in [0.25, 0.3) is 0 Å². The van der Waals surface area contributed by atoms with Crippen molar-refractivity contribution in [1.29, 1.82) is 0 Å². The molecule has 1 saturated heterocycles. The van der Waals surface area contributed by atoms with E-state index in [0.29, 0.717) is 13.0 Å². The van der Waals surface area contributed by atoms with E-state index < -0.39 is 5.92 Å². The third-order valence-electron chi connectivity index (χ3n) is 5.21. The lowest BCUT2D eigenvalue weighted by Gasteiger charge is -2.27. The van der Waals surface area contributed by atoms with Crippen molar-refractivity contribution in [1.82, 2.24) is 10.3 Å². The number of hydrogen-bond donors (Lipinski definition) is 1. The molecule has 0 bridgehead atoms. The van der Waals surface area contributed by atoms with Crippen LogP contribution in [0.4, 0.5) is 5.69 Å². The fourth-order valence-corrected chi connectivity index (χ4v) is 4.64. The highest BCUT2D eigenvalue weighted by Crippen LogP contribution is 2.43. The van der Waals surface area contributed by atoms with Crippen molar-refractivity contribution in [2.24, 2.45) is 5.92 Å². The van der Waals surface area contributed by atoms with Crippen LogP contribution in [0.1, 0.15) is 28.6 Å². The molecule has 3 heterocycles. The molecular weight excluding hydrogens is 382 g/mol. The Labute approximate surface area is 174 Å². The number of amides is 2. The minimum absolute atomic E-state index is 0.0165. The molecule has 29 heavy (non-hydrogen) atoms. The van der Waals surface area contributed by atoms with Crippen LogP contribution in [0, 0.1) is 12.8 Å². The molecule has 2 amide bonds. The van der Waals surface area contributed by atoms with Gasteiger partial charge in [-0.15, -0.1) is 11.3 Å². The number of carbonyl (C=O) groups is 2. The SMILES string of the molecule is Cc1ccc(N2C(=O)C[C@@H](C(=O)NCCc3ccccn3)[C@@H]2c2cccs2)cc1. The predicted molar refractivity (Wildman–Crippen MR) is 115 cm³/mol. The summed E-state index contributed by atoms with van der Waals surface area (Å²) in [6.45, 7) is 2.52. The molecule has 0 unspecified atom stereocenters. The van der Waals surface area contributed by atoms with Crippen molar-refractivity contribution < 1.29 is 9.59 Å². The number of aromatic nitrogens is 1. The van der Waals surface area contributed by atoms with Crippen molar-refractivity contribution in [3.05, 3.63) is 82.3 Å². The number of nitrogens with one attached hydrogen (secondary N) is 1. The average Bonchev–Trinajstić information content (AvgIpc) is 3.37. The van der Waals surface area contributed by atoms with Gasteiger partial charge in [0.15, 0.2) is 0 Å². The second kappa shape index (κ2) is 8.57. The van der Waals surface area contributed by atoms with E-state index in [-0.39, 0.29) is 24.3 Å². The van der Waals surface area contributed by atoms with E-state index in [9.17, 15) is 9.59 Å². The highest BCUT2D eigenvalue weighted by molar-refractivity contribution is 7.10. The van der Waals surface area contributed by atoms with Gasteiger partial charge < -0.3 is 10.2 Å². The first-order chi connectivity index (χ1) is 14.1. The third-order valence-corrected chi connectivity index (χ3v) is 6.16. The van der Waals surface area contributed by atoms with Crippen LogP contribution in [0.2, 0.25) is 0 Å². The molecule has 0 radical (unpaired) electrons. The smallest absolute Gasteiger partial charge is 0.228 e. The van der Waals surface area contributed by atoms with Crippen LogP contribution in [-0.2, 0) is 16.0 Å². The summed E-state index contributed by atoms with van der Waals surface area (Å²) < 4.78 is 0. The lowest BCUT2D eigenvalue weighted by molar-refractivity contribution is -0.126. The summed E-state index contributed by atoms with van der Waals surface area (Å²) in [7, 11) is 0. The molecular formula is C23H23N3O2S. The Bertz CT molecular complexity index is 971. The Kier molecular flexibility index (Phi) is 5.71. The number of nitrogens with zero attached hydrogens (tertiary/aromatic N) is 2. The van der Waals surface area contributed by atoms with Crippen LogP contribution in [0.5, 0.6) is 0 Å². The fraction of sp³-hybridized carbons (Fsp3) is 0.261. The number of aryl methyl sites for hydroxylation is 1. The number of thiophene rings is 1. The Morgan fingerprint density at radius 2 is 2.00 bits per heavy atom. The van der Waals surface area contributed by atoms with Gasteiger partial charge in [-0.2, -0.15) is 0 Å². The van der Waals surface area contributed by atoms with Gasteiger partial charge in [-0.25, -0.2) is 0 Å². The maximum absolute atomic E-state index is 13.0. The zero-order valence-corrected chi connectivity index (χ0v) is 17.1. The predicted octanol–water partition coefficient (Wildman–Crippen LogP) is 3.90. The molecule has 5 nitrogen and oxygen atoms in total. The van der Waals surface area contributed by atoms with Crippen LogP contribution in [0.15, 0.2) is 66.2 Å². The quantitative estimate of drug-likeness (QED) is 0.676. The summed E-state index contributed by atoms with van der Waals surface area (Å²) in [5.74, 6) is -0.509. The molecule has 3 aromatic rings. The number of rotatable bonds is 6. The summed E-state index contributed by atoms with van der Waals surface area (Å²) in [5, 5.41) is 5.00. The summed E-state index contributed by atoms with van der Waals surface area (Å²) in [5.41, 5.74) is 2.91. The van der Waals surface area contributed by atoms with E-state index in [1.54, 1.807) is 22.4 Å². The Hall–Kier alpha value is -2.99. The molecule has 6 heteroatoms. The largest absolute Gasteiger partial charge is 0.355 e. The van der Waals surface area contributed by atoms with Crippen LogP contribution >= 0.6 is 11.3 Å². The standard InChI is InChI=1S/C23H23N3O2S/c1-16-7-9-18(10-8-16)26-21(27)15-19(22(26)20-6-4-14-29-20)23(28)25-13-11-17-5-2-3-12-24-17/h2-10,12,14,19,22H,11,13,15H2,1H3,(H,25,28)/t19-,22-/m1/s1. The molecule has 0 spiro atoms. The van der Waals surface area contributed by atoms with Gasteiger partial charge in [-0.05, 0) is 42.6 Å². The van der Waals surface area contributed by atoms with Crippen LogP contribution in [0.3, 0.4) is 0 Å². The van der Waals surface area contributed by atoms with E-state index in [0.717, 1.165) is 21.8 Å². The lowest BCUT2D eigenvalue weighted by atomic mass is 9.97. The molecule has 4 rings (SSSR count). The molecule has 1 N–H and O–H groups in total. The molecule has 2 aromatic heterocycles. The molecule has 0 saturated carbocycles. The zero-order chi connectivity index (χ0) is 20.2. The summed E-state index contributed by atoms with van der Waals surface area (Å²) in [6.07, 6.45) is 2.63. The Morgan fingerprint density at radius 1 is 1.17 bits per heavy atom. The van der Waals surface area contributed by atoms with Gasteiger partial charge in [0.05, 0.1) is 12.0 Å². The van der Waals surface area contributed by atoms with Crippen molar-refractivity contribution in [2.75, 3.05) is 11.4 Å². The fourth-order valence-electron chi connectivity index (χ4n) is 3.76. The van der Waals surface area contributed by atoms with Crippen LogP contribution in [0.25, 0.3) is 0 Å². The molecule has 1 fully saturated rings. The maximum atomic E-state index is 13.0. The van der Waals surface area contributed by atoms with Crippen molar-refractivity contribution >= 4 is 28.8 Å². The first kappa shape index (κ1) is 19.3. The number of pyridine rings is 1. The van der Waals surface area contributed by atoms with Gasteiger partial charge in [0, 0.05) is 41.8 Å². The van der Waals surface area contributed by atoms with E-state index in [1.165, 1.54) is 0 Å². The maximum Gasteiger partial charge on any atom is 0.228 e. The molecule has 2 atom stereocenters. The van der Waals surface area contributed by atoms with Gasteiger partial charge in [0.1, 0.15) is 0 Å². The van der Waals surface area contributed by atoms with E-state index >= 15 is 0 Å². The Balaban J connectivity index is 1.53. The second-order valence-electron chi connectivity index (χ2n) is 7.23. The van der Waals surface area contributed by atoms with E-state index in [1.807, 2.05) is 66.9 Å². The molecule has 1 aromatic carbocycles. The monoisotopic (exact) mass is 405 g/mol. The molecule has 0 aliphatic carbocycles. The van der Waals surface area contributed by atoms with Crippen molar-refractivity contribution in [2.45, 2.75) is 25.8 Å². The van der Waals surface area contributed by atoms with Gasteiger partial charge in [0.2, 0.25) is 11.8 Å². The normalized spacial score (nSPS) is 18.8. The van der Waals surface area contributed by atoms with E-state index in [4.69, 9.17) is 0 Å². The van der Waals surface area contributed by atoms with Crippen LogP contribution in [-0.4, -0.2) is 23.3 Å². The average molecular weight is 406 g/mol. The first-order valence-corrected chi connectivity index (χ1v) is 10.6. The molecule has 148 valence electrons. The number of hydrogen-bond acceptors (Lipinski definition) is 4.